The van der Waals surface area contributed by atoms with Gasteiger partial charge in [-0.25, -0.2) is 0 Å². The van der Waals surface area contributed by atoms with Crippen molar-refractivity contribution in [1.29, 1.82) is 0 Å². The van der Waals surface area contributed by atoms with Gasteiger partial charge in [-0.2, -0.15) is 0 Å². The highest BCUT2D eigenvalue weighted by molar-refractivity contribution is 14.0. The first-order valence-electron chi connectivity index (χ1n) is 8.30. The Hall–Kier alpha value is 0. The second-order valence-electron chi connectivity index (χ2n) is 6.91. The number of guanidine groups is 1. The highest BCUT2D eigenvalue weighted by Crippen LogP contribution is 2.42. The maximum Gasteiger partial charge on any atom is 0.193 e. The first kappa shape index (κ1) is 16.4. The van der Waals surface area contributed by atoms with Crippen molar-refractivity contribution < 1.29 is 0 Å². The maximum absolute atomic E-state index is 4.52. The molecule has 1 saturated heterocycles. The molecule has 0 unspecified atom stereocenters. The molecular formula is C16H30IN3. The molecule has 20 heavy (non-hydrogen) atoms. The molecule has 0 aromatic rings. The molecule has 0 amide bonds. The standard InChI is InChI=1S/C16H29N3.HI/c1-17-15(18-14-7-8-14)19-12-6-11-16(13-19)9-4-2-3-5-10-16;/h14H,2-13H2,1H3,(H,17,18);1H. The van der Waals surface area contributed by atoms with Crippen molar-refractivity contribution >= 4 is 29.9 Å². The fourth-order valence-corrected chi connectivity index (χ4v) is 3.98. The Morgan fingerprint density at radius 1 is 1.05 bits per heavy atom. The Morgan fingerprint density at radius 2 is 1.70 bits per heavy atom. The van der Waals surface area contributed by atoms with Crippen LogP contribution in [0.25, 0.3) is 0 Å². The van der Waals surface area contributed by atoms with Crippen LogP contribution in [0.3, 0.4) is 0 Å². The van der Waals surface area contributed by atoms with Crippen LogP contribution in [-0.4, -0.2) is 37.0 Å². The summed E-state index contributed by atoms with van der Waals surface area (Å²) in [7, 11) is 1.94. The molecule has 1 N–H and O–H groups in total. The van der Waals surface area contributed by atoms with Gasteiger partial charge in [-0.1, -0.05) is 25.7 Å². The summed E-state index contributed by atoms with van der Waals surface area (Å²) in [5, 5.41) is 3.62. The van der Waals surface area contributed by atoms with Gasteiger partial charge in [0.1, 0.15) is 0 Å². The summed E-state index contributed by atoms with van der Waals surface area (Å²) in [4.78, 5) is 7.07. The number of nitrogens with zero attached hydrogens (tertiary/aromatic N) is 2. The Labute approximate surface area is 141 Å². The third-order valence-corrected chi connectivity index (χ3v) is 5.25. The van der Waals surface area contributed by atoms with Crippen LogP contribution in [0, 0.1) is 5.41 Å². The fourth-order valence-electron chi connectivity index (χ4n) is 3.98. The van der Waals surface area contributed by atoms with Gasteiger partial charge in [0.25, 0.3) is 0 Å². The number of hydrogen-bond acceptors (Lipinski definition) is 1. The third-order valence-electron chi connectivity index (χ3n) is 5.25. The van der Waals surface area contributed by atoms with Crippen LogP contribution in [0.1, 0.15) is 64.2 Å². The average molecular weight is 391 g/mol. The van der Waals surface area contributed by atoms with E-state index >= 15 is 0 Å². The van der Waals surface area contributed by atoms with Crippen molar-refractivity contribution in [2.45, 2.75) is 70.3 Å². The Kier molecular flexibility index (Phi) is 5.99. The number of aliphatic imine (C=N–C) groups is 1. The lowest BCUT2D eigenvalue weighted by atomic mass is 9.74. The van der Waals surface area contributed by atoms with Crippen LogP contribution in [0.15, 0.2) is 4.99 Å². The maximum atomic E-state index is 4.52. The number of nitrogens with one attached hydrogen (secondary N) is 1. The van der Waals surface area contributed by atoms with Gasteiger partial charge in [0.05, 0.1) is 0 Å². The quantitative estimate of drug-likeness (QED) is 0.419. The van der Waals surface area contributed by atoms with Crippen molar-refractivity contribution in [2.24, 2.45) is 10.4 Å². The van der Waals surface area contributed by atoms with Crippen molar-refractivity contribution in [2.75, 3.05) is 20.1 Å². The van der Waals surface area contributed by atoms with Gasteiger partial charge in [-0.15, -0.1) is 24.0 Å². The minimum absolute atomic E-state index is 0. The normalized spacial score (nSPS) is 26.9. The largest absolute Gasteiger partial charge is 0.354 e. The molecular weight excluding hydrogens is 361 g/mol. The molecule has 0 atom stereocenters. The van der Waals surface area contributed by atoms with Gasteiger partial charge in [-0.3, -0.25) is 4.99 Å². The monoisotopic (exact) mass is 391 g/mol. The molecule has 4 heteroatoms. The highest BCUT2D eigenvalue weighted by atomic mass is 127. The molecule has 2 aliphatic carbocycles. The highest BCUT2D eigenvalue weighted by Gasteiger charge is 2.37. The fraction of sp³-hybridized carbons (Fsp3) is 0.938. The van der Waals surface area contributed by atoms with Crippen molar-refractivity contribution in [3.05, 3.63) is 0 Å². The average Bonchev–Trinajstić information content (AvgIpc) is 3.25. The van der Waals surface area contributed by atoms with Crippen LogP contribution in [0.2, 0.25) is 0 Å². The van der Waals surface area contributed by atoms with Crippen LogP contribution >= 0.6 is 24.0 Å². The van der Waals surface area contributed by atoms with E-state index in [1.165, 1.54) is 83.3 Å². The SMILES string of the molecule is CN=C(NC1CC1)N1CCCC2(CCCCCC2)C1.I. The molecule has 0 aromatic heterocycles. The molecule has 1 spiro atoms. The van der Waals surface area contributed by atoms with Crippen molar-refractivity contribution in [3.8, 4) is 0 Å². The molecule has 3 rings (SSSR count). The molecule has 0 aromatic carbocycles. The number of piperidine rings is 1. The summed E-state index contributed by atoms with van der Waals surface area (Å²) in [6, 6.07) is 0.714. The molecule has 0 radical (unpaired) electrons. The van der Waals surface area contributed by atoms with Crippen LogP contribution in [-0.2, 0) is 0 Å². The van der Waals surface area contributed by atoms with Gasteiger partial charge in [0.2, 0.25) is 0 Å². The van der Waals surface area contributed by atoms with E-state index in [4.69, 9.17) is 0 Å². The second kappa shape index (κ2) is 7.32. The van der Waals surface area contributed by atoms with Crippen LogP contribution in [0.4, 0.5) is 0 Å². The lowest BCUT2D eigenvalue weighted by molar-refractivity contribution is 0.115. The molecule has 1 heterocycles. The summed E-state index contributed by atoms with van der Waals surface area (Å²) in [6.45, 7) is 2.45. The van der Waals surface area contributed by atoms with E-state index in [2.05, 4.69) is 15.2 Å². The van der Waals surface area contributed by atoms with Crippen molar-refractivity contribution in [3.63, 3.8) is 0 Å². The Morgan fingerprint density at radius 3 is 2.30 bits per heavy atom. The molecule has 116 valence electrons. The predicted molar refractivity (Wildman–Crippen MR) is 95.9 cm³/mol. The summed E-state index contributed by atoms with van der Waals surface area (Å²) >= 11 is 0. The number of halogens is 1. The topological polar surface area (TPSA) is 27.6 Å². The summed E-state index contributed by atoms with van der Waals surface area (Å²) in [5.41, 5.74) is 0.607. The first-order chi connectivity index (χ1) is 9.31. The van der Waals surface area contributed by atoms with E-state index in [-0.39, 0.29) is 24.0 Å². The molecule has 3 fully saturated rings. The van der Waals surface area contributed by atoms with Crippen LogP contribution in [0.5, 0.6) is 0 Å². The zero-order chi connectivity index (χ0) is 13.1. The zero-order valence-corrected chi connectivity index (χ0v) is 15.2. The molecule has 0 bridgehead atoms. The molecule has 1 aliphatic heterocycles. The lowest BCUT2D eigenvalue weighted by Gasteiger charge is -2.44. The second-order valence-corrected chi connectivity index (χ2v) is 6.91. The molecule has 2 saturated carbocycles. The van der Waals surface area contributed by atoms with Gasteiger partial charge < -0.3 is 10.2 Å². The lowest BCUT2D eigenvalue weighted by Crippen LogP contribution is -2.51. The Bertz CT molecular complexity index is 331. The van der Waals surface area contributed by atoms with E-state index in [1.807, 2.05) is 7.05 Å². The summed E-state index contributed by atoms with van der Waals surface area (Å²) in [6.07, 6.45) is 14.2. The van der Waals surface area contributed by atoms with Gasteiger partial charge >= 0.3 is 0 Å². The predicted octanol–water partition coefficient (Wildman–Crippen LogP) is 3.78. The van der Waals surface area contributed by atoms with E-state index < -0.39 is 0 Å². The van der Waals surface area contributed by atoms with E-state index in [1.54, 1.807) is 0 Å². The Balaban J connectivity index is 0.00000147. The minimum Gasteiger partial charge on any atom is -0.354 e. The third kappa shape index (κ3) is 4.01. The summed E-state index contributed by atoms with van der Waals surface area (Å²) in [5.74, 6) is 1.17. The minimum atomic E-state index is 0. The molecule has 3 nitrogen and oxygen atoms in total. The number of rotatable bonds is 1. The smallest absolute Gasteiger partial charge is 0.193 e. The van der Waals surface area contributed by atoms with Gasteiger partial charge in [0.15, 0.2) is 5.96 Å². The van der Waals surface area contributed by atoms with E-state index in [9.17, 15) is 0 Å². The van der Waals surface area contributed by atoms with Gasteiger partial charge in [-0.05, 0) is 43.9 Å². The van der Waals surface area contributed by atoms with Gasteiger partial charge in [0, 0.05) is 26.2 Å². The zero-order valence-electron chi connectivity index (χ0n) is 12.9. The first-order valence-corrected chi connectivity index (χ1v) is 8.30. The van der Waals surface area contributed by atoms with E-state index in [0.717, 1.165) is 0 Å². The van der Waals surface area contributed by atoms with E-state index in [0.29, 0.717) is 11.5 Å². The summed E-state index contributed by atoms with van der Waals surface area (Å²) < 4.78 is 0. The van der Waals surface area contributed by atoms with Crippen LogP contribution < -0.4 is 5.32 Å². The molecule has 3 aliphatic rings. The van der Waals surface area contributed by atoms with Crippen molar-refractivity contribution in [1.82, 2.24) is 10.2 Å². The number of hydrogen-bond donors (Lipinski definition) is 1. The number of likely N-dealkylation sites (tertiary alicyclic amines) is 1.